The summed E-state index contributed by atoms with van der Waals surface area (Å²) in [5, 5.41) is 10.0. The zero-order chi connectivity index (χ0) is 20.9. The number of aromatic nitrogens is 2. The molecule has 1 N–H and O–H groups in total. The molecule has 4 aromatic rings. The number of thiophene rings is 1. The molecule has 0 saturated heterocycles. The van der Waals surface area contributed by atoms with E-state index in [2.05, 4.69) is 28.6 Å². The minimum absolute atomic E-state index is 0.00684. The number of benzene rings is 2. The molecule has 30 heavy (non-hydrogen) atoms. The summed E-state index contributed by atoms with van der Waals surface area (Å²) in [6.07, 6.45) is 0.939. The minimum atomic E-state index is -0.242. The molecular weight excluding hydrogens is 394 g/mol. The molecule has 0 aliphatic carbocycles. The largest absolute Gasteiger partial charge is 0.335 e. The molecule has 1 atom stereocenters. The van der Waals surface area contributed by atoms with Crippen molar-refractivity contribution in [2.45, 2.75) is 32.4 Å². The Bertz CT molecular complexity index is 1190. The highest BCUT2D eigenvalue weighted by molar-refractivity contribution is 7.09. The quantitative estimate of drug-likeness (QED) is 0.490. The van der Waals surface area contributed by atoms with Gasteiger partial charge < -0.3 is 4.90 Å². The van der Waals surface area contributed by atoms with Crippen molar-refractivity contribution in [1.82, 2.24) is 15.1 Å². The fourth-order valence-corrected chi connectivity index (χ4v) is 4.48. The Morgan fingerprint density at radius 3 is 2.50 bits per heavy atom. The number of rotatable bonds is 7. The van der Waals surface area contributed by atoms with Crippen LogP contribution in [0.4, 0.5) is 0 Å². The third kappa shape index (κ3) is 4.49. The van der Waals surface area contributed by atoms with Gasteiger partial charge in [-0.2, -0.15) is 5.10 Å². The zero-order valence-electron chi connectivity index (χ0n) is 16.7. The van der Waals surface area contributed by atoms with E-state index in [1.54, 1.807) is 17.4 Å². The van der Waals surface area contributed by atoms with Gasteiger partial charge >= 0.3 is 0 Å². The Morgan fingerprint density at radius 2 is 1.77 bits per heavy atom. The fourth-order valence-electron chi connectivity index (χ4n) is 3.65. The van der Waals surface area contributed by atoms with Crippen LogP contribution in [0.25, 0.3) is 10.8 Å². The molecule has 0 saturated carbocycles. The van der Waals surface area contributed by atoms with Gasteiger partial charge in [-0.05, 0) is 30.0 Å². The van der Waals surface area contributed by atoms with Crippen LogP contribution in [-0.2, 0) is 24.2 Å². The molecule has 0 fully saturated rings. The van der Waals surface area contributed by atoms with Gasteiger partial charge in [-0.15, -0.1) is 11.3 Å². The summed E-state index contributed by atoms with van der Waals surface area (Å²) in [5.41, 5.74) is 1.44. The predicted molar refractivity (Wildman–Crippen MR) is 121 cm³/mol. The number of hydrogen-bond donors (Lipinski definition) is 1. The number of amides is 1. The molecule has 2 heterocycles. The fraction of sp³-hybridized carbons (Fsp3) is 0.208. The lowest BCUT2D eigenvalue weighted by Crippen LogP contribution is -2.40. The van der Waals surface area contributed by atoms with Gasteiger partial charge in [0.25, 0.3) is 5.56 Å². The Kier molecular flexibility index (Phi) is 6.05. The first-order chi connectivity index (χ1) is 14.6. The number of hydrogen-bond acceptors (Lipinski definition) is 4. The first-order valence-corrected chi connectivity index (χ1v) is 10.8. The van der Waals surface area contributed by atoms with Crippen LogP contribution in [-0.4, -0.2) is 27.0 Å². The van der Waals surface area contributed by atoms with Crippen molar-refractivity contribution in [3.63, 3.8) is 0 Å². The Balaban J connectivity index is 1.62. The van der Waals surface area contributed by atoms with Crippen molar-refractivity contribution >= 4 is 28.0 Å². The lowest BCUT2D eigenvalue weighted by Gasteiger charge is -2.29. The monoisotopic (exact) mass is 417 g/mol. The van der Waals surface area contributed by atoms with Crippen molar-refractivity contribution in [2.75, 3.05) is 0 Å². The van der Waals surface area contributed by atoms with Gasteiger partial charge in [0.15, 0.2) is 0 Å². The van der Waals surface area contributed by atoms with Gasteiger partial charge in [0.2, 0.25) is 5.91 Å². The van der Waals surface area contributed by atoms with Crippen LogP contribution in [0, 0.1) is 0 Å². The van der Waals surface area contributed by atoms with Crippen molar-refractivity contribution in [3.8, 4) is 0 Å². The zero-order valence-corrected chi connectivity index (χ0v) is 17.6. The van der Waals surface area contributed by atoms with E-state index >= 15 is 0 Å². The Morgan fingerprint density at radius 1 is 1.03 bits per heavy atom. The molecule has 152 valence electrons. The number of fused-ring (bicyclic) bond motifs is 1. The van der Waals surface area contributed by atoms with Gasteiger partial charge in [-0.25, -0.2) is 5.10 Å². The molecule has 1 amide bonds. The van der Waals surface area contributed by atoms with E-state index in [1.165, 1.54) is 4.88 Å². The standard InChI is InChI=1S/C24H23N3O2S/c1-17(14-19-10-7-13-30-19)27(16-18-8-3-2-4-9-18)23(28)15-22-20-11-5-6-12-21(20)24(29)26-25-22/h2-13,17H,14-16H2,1H3,(H,26,29)/t17-/m1/s1. The average molecular weight is 418 g/mol. The molecule has 2 aromatic carbocycles. The number of carbonyl (C=O) groups is 1. The van der Waals surface area contributed by atoms with E-state index in [0.717, 1.165) is 17.4 Å². The van der Waals surface area contributed by atoms with Crippen LogP contribution < -0.4 is 5.56 Å². The van der Waals surface area contributed by atoms with E-state index in [0.29, 0.717) is 17.6 Å². The molecule has 2 aromatic heterocycles. The smallest absolute Gasteiger partial charge is 0.272 e. The van der Waals surface area contributed by atoms with Crippen LogP contribution in [0.1, 0.15) is 23.1 Å². The predicted octanol–water partition coefficient (Wildman–Crippen LogP) is 4.19. The number of nitrogens with zero attached hydrogens (tertiary/aromatic N) is 2. The molecule has 0 spiro atoms. The molecule has 4 rings (SSSR count). The van der Waals surface area contributed by atoms with E-state index in [-0.39, 0.29) is 23.9 Å². The highest BCUT2D eigenvalue weighted by atomic mass is 32.1. The highest BCUT2D eigenvalue weighted by Crippen LogP contribution is 2.19. The van der Waals surface area contributed by atoms with Gasteiger partial charge in [-0.1, -0.05) is 54.6 Å². The van der Waals surface area contributed by atoms with Crippen molar-refractivity contribution < 1.29 is 4.79 Å². The van der Waals surface area contributed by atoms with Gasteiger partial charge in [0.1, 0.15) is 0 Å². The minimum Gasteiger partial charge on any atom is -0.335 e. The number of H-pyrrole nitrogens is 1. The second-order valence-corrected chi connectivity index (χ2v) is 8.39. The highest BCUT2D eigenvalue weighted by Gasteiger charge is 2.23. The van der Waals surface area contributed by atoms with Crippen molar-refractivity contribution in [1.29, 1.82) is 0 Å². The summed E-state index contributed by atoms with van der Waals surface area (Å²) in [6, 6.07) is 21.5. The maximum Gasteiger partial charge on any atom is 0.272 e. The Labute approximate surface area is 179 Å². The summed E-state index contributed by atoms with van der Waals surface area (Å²) >= 11 is 1.70. The lowest BCUT2D eigenvalue weighted by molar-refractivity contribution is -0.133. The van der Waals surface area contributed by atoms with Crippen molar-refractivity contribution in [2.24, 2.45) is 0 Å². The average Bonchev–Trinajstić information content (AvgIpc) is 3.28. The van der Waals surface area contributed by atoms with Crippen molar-refractivity contribution in [3.05, 3.63) is 98.6 Å². The molecular formula is C24H23N3O2S. The molecule has 0 aliphatic heterocycles. The molecule has 5 nitrogen and oxygen atoms in total. The van der Waals surface area contributed by atoms with Crippen LogP contribution in [0.5, 0.6) is 0 Å². The molecule has 0 aliphatic rings. The van der Waals surface area contributed by atoms with Gasteiger partial charge in [-0.3, -0.25) is 9.59 Å². The third-order valence-electron chi connectivity index (χ3n) is 5.22. The summed E-state index contributed by atoms with van der Waals surface area (Å²) in [7, 11) is 0. The number of nitrogens with one attached hydrogen (secondary N) is 1. The maximum absolute atomic E-state index is 13.4. The molecule has 0 radical (unpaired) electrons. The van der Waals surface area contributed by atoms with Crippen LogP contribution in [0.2, 0.25) is 0 Å². The second kappa shape index (κ2) is 9.05. The van der Waals surface area contributed by atoms with Gasteiger partial charge in [0, 0.05) is 29.3 Å². The molecule has 0 bridgehead atoms. The maximum atomic E-state index is 13.4. The topological polar surface area (TPSA) is 66.1 Å². The first-order valence-electron chi connectivity index (χ1n) is 9.94. The molecule has 6 heteroatoms. The molecule has 0 unspecified atom stereocenters. The lowest BCUT2D eigenvalue weighted by atomic mass is 10.1. The van der Waals surface area contributed by atoms with Crippen LogP contribution in [0.3, 0.4) is 0 Å². The van der Waals surface area contributed by atoms with Crippen LogP contribution >= 0.6 is 11.3 Å². The third-order valence-corrected chi connectivity index (χ3v) is 6.12. The summed E-state index contributed by atoms with van der Waals surface area (Å²) in [4.78, 5) is 28.6. The number of carbonyl (C=O) groups excluding carboxylic acids is 1. The number of aromatic amines is 1. The normalized spacial score (nSPS) is 12.0. The SMILES string of the molecule is C[C@H](Cc1cccs1)N(Cc1ccccc1)C(=O)Cc1n[nH]c(=O)c2ccccc12. The van der Waals surface area contributed by atoms with E-state index in [4.69, 9.17) is 0 Å². The summed E-state index contributed by atoms with van der Waals surface area (Å²) in [6.45, 7) is 2.62. The second-order valence-electron chi connectivity index (χ2n) is 7.36. The van der Waals surface area contributed by atoms with E-state index in [9.17, 15) is 9.59 Å². The van der Waals surface area contributed by atoms with E-state index < -0.39 is 0 Å². The summed E-state index contributed by atoms with van der Waals surface area (Å²) in [5.74, 6) is -0.00684. The first kappa shape index (κ1) is 20.0. The van der Waals surface area contributed by atoms with Crippen LogP contribution in [0.15, 0.2) is 76.9 Å². The summed E-state index contributed by atoms with van der Waals surface area (Å²) < 4.78 is 0. The van der Waals surface area contributed by atoms with E-state index in [1.807, 2.05) is 59.5 Å². The van der Waals surface area contributed by atoms with Gasteiger partial charge in [0.05, 0.1) is 17.5 Å². The Hall–Kier alpha value is -3.25.